The molecule has 2 fully saturated rings. The van der Waals surface area contributed by atoms with Gasteiger partial charge in [0.1, 0.15) is 10.6 Å². The van der Waals surface area contributed by atoms with E-state index in [1.165, 1.54) is 0 Å². The average Bonchev–Trinajstić information content (AvgIpc) is 2.49. The third-order valence-corrected chi connectivity index (χ3v) is 3.59. The molecule has 80 valence electrons. The SMILES string of the molecule is CCN1OC2(CCN(C)CC2)CC1=S. The normalized spacial score (nSPS) is 27.6. The lowest BCUT2D eigenvalue weighted by atomic mass is 9.89. The van der Waals surface area contributed by atoms with Gasteiger partial charge in [-0.3, -0.25) is 4.84 Å². The molecule has 0 aromatic rings. The first-order valence-electron chi connectivity index (χ1n) is 5.33. The topological polar surface area (TPSA) is 15.7 Å². The van der Waals surface area contributed by atoms with Gasteiger partial charge in [0.25, 0.3) is 0 Å². The Balaban J connectivity index is 2.02. The number of rotatable bonds is 1. The molecule has 0 aliphatic carbocycles. The fraction of sp³-hybridized carbons (Fsp3) is 0.900. The van der Waals surface area contributed by atoms with Crippen molar-refractivity contribution in [3.63, 3.8) is 0 Å². The zero-order valence-corrected chi connectivity index (χ0v) is 9.77. The predicted octanol–water partition coefficient (Wildman–Crippen LogP) is 1.44. The zero-order valence-electron chi connectivity index (χ0n) is 8.95. The Hall–Kier alpha value is -0.190. The van der Waals surface area contributed by atoms with Crippen molar-refractivity contribution in [2.75, 3.05) is 26.7 Å². The van der Waals surface area contributed by atoms with Gasteiger partial charge in [-0.1, -0.05) is 12.2 Å². The van der Waals surface area contributed by atoms with Gasteiger partial charge in [0.05, 0.1) is 0 Å². The minimum absolute atomic E-state index is 0.0413. The number of piperidine rings is 1. The molecule has 2 aliphatic heterocycles. The van der Waals surface area contributed by atoms with E-state index in [9.17, 15) is 0 Å². The van der Waals surface area contributed by atoms with Crippen LogP contribution in [0.2, 0.25) is 0 Å². The van der Waals surface area contributed by atoms with Gasteiger partial charge >= 0.3 is 0 Å². The Labute approximate surface area is 91.0 Å². The standard InChI is InChI=1S/C10H18N2OS/c1-3-12-9(14)8-10(13-12)4-6-11(2)7-5-10/h3-8H2,1-2H3. The lowest BCUT2D eigenvalue weighted by Crippen LogP contribution is -2.43. The van der Waals surface area contributed by atoms with Crippen molar-refractivity contribution in [1.29, 1.82) is 0 Å². The highest BCUT2D eigenvalue weighted by atomic mass is 32.1. The van der Waals surface area contributed by atoms with Crippen molar-refractivity contribution in [1.82, 2.24) is 9.96 Å². The van der Waals surface area contributed by atoms with E-state index >= 15 is 0 Å². The second-order valence-electron chi connectivity index (χ2n) is 4.34. The zero-order chi connectivity index (χ0) is 10.2. The summed E-state index contributed by atoms with van der Waals surface area (Å²) >= 11 is 5.31. The summed E-state index contributed by atoms with van der Waals surface area (Å²) in [7, 11) is 2.16. The van der Waals surface area contributed by atoms with Crippen molar-refractivity contribution in [3.05, 3.63) is 0 Å². The fourth-order valence-corrected chi connectivity index (χ4v) is 2.65. The summed E-state index contributed by atoms with van der Waals surface area (Å²) in [6, 6.07) is 0. The minimum Gasteiger partial charge on any atom is -0.306 e. The molecule has 0 saturated carbocycles. The van der Waals surface area contributed by atoms with Crippen LogP contribution in [0.3, 0.4) is 0 Å². The summed E-state index contributed by atoms with van der Waals surface area (Å²) in [5.41, 5.74) is 0.0413. The van der Waals surface area contributed by atoms with Gasteiger partial charge < -0.3 is 4.90 Å². The Morgan fingerprint density at radius 3 is 2.57 bits per heavy atom. The maximum Gasteiger partial charge on any atom is 0.107 e. The predicted molar refractivity (Wildman–Crippen MR) is 60.1 cm³/mol. The quantitative estimate of drug-likeness (QED) is 0.613. The molecule has 14 heavy (non-hydrogen) atoms. The molecule has 1 spiro atoms. The van der Waals surface area contributed by atoms with Crippen molar-refractivity contribution in [3.8, 4) is 0 Å². The first-order chi connectivity index (χ1) is 6.65. The molecule has 2 aliphatic rings. The Kier molecular flexibility index (Phi) is 2.77. The Morgan fingerprint density at radius 1 is 1.43 bits per heavy atom. The van der Waals surface area contributed by atoms with E-state index in [4.69, 9.17) is 17.1 Å². The average molecular weight is 214 g/mol. The lowest BCUT2D eigenvalue weighted by Gasteiger charge is -2.36. The Bertz CT molecular complexity index is 236. The highest BCUT2D eigenvalue weighted by Gasteiger charge is 2.43. The highest BCUT2D eigenvalue weighted by molar-refractivity contribution is 7.80. The summed E-state index contributed by atoms with van der Waals surface area (Å²) in [5.74, 6) is 0. The van der Waals surface area contributed by atoms with E-state index in [0.29, 0.717) is 0 Å². The van der Waals surface area contributed by atoms with Gasteiger partial charge in [-0.2, -0.15) is 0 Å². The van der Waals surface area contributed by atoms with Crippen molar-refractivity contribution in [2.45, 2.75) is 31.8 Å². The number of likely N-dealkylation sites (tertiary alicyclic amines) is 1. The molecule has 0 radical (unpaired) electrons. The number of hydroxylamine groups is 2. The number of hydrogen-bond donors (Lipinski definition) is 0. The van der Waals surface area contributed by atoms with Crippen LogP contribution in [0.5, 0.6) is 0 Å². The van der Waals surface area contributed by atoms with E-state index in [1.54, 1.807) is 0 Å². The first-order valence-corrected chi connectivity index (χ1v) is 5.74. The van der Waals surface area contributed by atoms with Gasteiger partial charge in [-0.15, -0.1) is 0 Å². The maximum atomic E-state index is 5.97. The van der Waals surface area contributed by atoms with Crippen LogP contribution in [-0.2, 0) is 4.84 Å². The Morgan fingerprint density at radius 2 is 2.07 bits per heavy atom. The van der Waals surface area contributed by atoms with Gasteiger partial charge in [0.15, 0.2) is 0 Å². The molecule has 0 unspecified atom stereocenters. The molecule has 0 bridgehead atoms. The van der Waals surface area contributed by atoms with Gasteiger partial charge in [-0.05, 0) is 26.8 Å². The molecule has 0 N–H and O–H groups in total. The smallest absolute Gasteiger partial charge is 0.107 e. The molecule has 2 heterocycles. The van der Waals surface area contributed by atoms with E-state index < -0.39 is 0 Å². The van der Waals surface area contributed by atoms with Crippen LogP contribution >= 0.6 is 12.2 Å². The fourth-order valence-electron chi connectivity index (χ4n) is 2.22. The summed E-state index contributed by atoms with van der Waals surface area (Å²) in [4.78, 5) is 9.30. The van der Waals surface area contributed by atoms with Crippen molar-refractivity contribution in [2.24, 2.45) is 0 Å². The molecule has 4 heteroatoms. The summed E-state index contributed by atoms with van der Waals surface area (Å²) < 4.78 is 0. The van der Waals surface area contributed by atoms with Crippen molar-refractivity contribution >= 4 is 17.2 Å². The third-order valence-electron chi connectivity index (χ3n) is 3.24. The molecular formula is C10H18N2OS. The molecule has 3 nitrogen and oxygen atoms in total. The van der Waals surface area contributed by atoms with Crippen molar-refractivity contribution < 1.29 is 4.84 Å². The van der Waals surface area contributed by atoms with Crippen LogP contribution in [0.25, 0.3) is 0 Å². The van der Waals surface area contributed by atoms with E-state index in [1.807, 2.05) is 5.06 Å². The van der Waals surface area contributed by atoms with Crippen LogP contribution in [0, 0.1) is 0 Å². The molecule has 0 atom stereocenters. The van der Waals surface area contributed by atoms with Crippen LogP contribution in [0.4, 0.5) is 0 Å². The van der Waals surface area contributed by atoms with Gasteiger partial charge in [0, 0.05) is 26.1 Å². The lowest BCUT2D eigenvalue weighted by molar-refractivity contribution is -0.185. The highest BCUT2D eigenvalue weighted by Crippen LogP contribution is 2.36. The second kappa shape index (κ2) is 3.76. The summed E-state index contributed by atoms with van der Waals surface area (Å²) in [6.45, 7) is 5.21. The minimum atomic E-state index is 0.0413. The number of thiocarbonyl (C=S) groups is 1. The summed E-state index contributed by atoms with van der Waals surface area (Å²) in [6.07, 6.45) is 3.17. The molecule has 2 saturated heterocycles. The largest absolute Gasteiger partial charge is 0.306 e. The summed E-state index contributed by atoms with van der Waals surface area (Å²) in [5, 5.41) is 1.89. The van der Waals surface area contributed by atoms with Crippen LogP contribution in [-0.4, -0.2) is 47.2 Å². The van der Waals surface area contributed by atoms with Crippen LogP contribution in [0.15, 0.2) is 0 Å². The monoisotopic (exact) mass is 214 g/mol. The first kappa shape index (κ1) is 10.3. The number of hydrogen-bond acceptors (Lipinski definition) is 3. The van der Waals surface area contributed by atoms with E-state index in [0.717, 1.165) is 43.9 Å². The van der Waals surface area contributed by atoms with Crippen LogP contribution in [0.1, 0.15) is 26.2 Å². The number of nitrogens with zero attached hydrogens (tertiary/aromatic N) is 2. The third kappa shape index (κ3) is 1.78. The van der Waals surface area contributed by atoms with E-state index in [2.05, 4.69) is 18.9 Å². The second-order valence-corrected chi connectivity index (χ2v) is 4.81. The van der Waals surface area contributed by atoms with E-state index in [-0.39, 0.29) is 5.60 Å². The molecular weight excluding hydrogens is 196 g/mol. The van der Waals surface area contributed by atoms with Gasteiger partial charge in [0.2, 0.25) is 0 Å². The molecule has 0 aromatic carbocycles. The van der Waals surface area contributed by atoms with Gasteiger partial charge in [-0.25, -0.2) is 5.06 Å². The molecule has 0 amide bonds. The molecule has 0 aromatic heterocycles. The molecule has 2 rings (SSSR count). The maximum absolute atomic E-state index is 5.97. The van der Waals surface area contributed by atoms with Crippen LogP contribution < -0.4 is 0 Å².